The van der Waals surface area contributed by atoms with E-state index in [1.54, 1.807) is 6.07 Å². The molecule has 0 aromatic heterocycles. The Morgan fingerprint density at radius 2 is 1.42 bits per heavy atom. The SMILES string of the molecule is CCC(CC)COC(=O)[C@](C)(N)[P@](=O)(Oc1ccccc1)Oc1c(F)c(F)c(F)c(F)c1F. The van der Waals surface area contributed by atoms with Gasteiger partial charge in [0.15, 0.2) is 0 Å². The van der Waals surface area contributed by atoms with Crippen molar-refractivity contribution in [2.24, 2.45) is 11.7 Å². The van der Waals surface area contributed by atoms with Gasteiger partial charge < -0.3 is 19.5 Å². The molecule has 2 rings (SSSR count). The van der Waals surface area contributed by atoms with Crippen LogP contribution in [0, 0.1) is 35.0 Å². The molecule has 12 heteroatoms. The third-order valence-electron chi connectivity index (χ3n) is 4.94. The molecule has 0 unspecified atom stereocenters. The average Bonchev–Trinajstić information content (AvgIpc) is 2.80. The number of para-hydroxylation sites is 1. The molecule has 0 aliphatic carbocycles. The lowest BCUT2D eigenvalue weighted by Crippen LogP contribution is -2.48. The molecule has 6 nitrogen and oxygen atoms in total. The zero-order chi connectivity index (χ0) is 25.0. The number of benzene rings is 2. The topological polar surface area (TPSA) is 87.9 Å². The Morgan fingerprint density at radius 3 is 1.91 bits per heavy atom. The minimum atomic E-state index is -5.24. The predicted molar refractivity (Wildman–Crippen MR) is 109 cm³/mol. The van der Waals surface area contributed by atoms with Crippen LogP contribution in [0.15, 0.2) is 30.3 Å². The van der Waals surface area contributed by atoms with E-state index in [0.717, 1.165) is 6.92 Å². The van der Waals surface area contributed by atoms with Gasteiger partial charge >= 0.3 is 13.6 Å². The van der Waals surface area contributed by atoms with E-state index in [1.165, 1.54) is 24.3 Å². The summed E-state index contributed by atoms with van der Waals surface area (Å²) in [6.07, 6.45) is 1.29. The molecular weight excluding hydrogens is 472 g/mol. The summed E-state index contributed by atoms with van der Waals surface area (Å²) in [5.74, 6) is -15.5. The second kappa shape index (κ2) is 10.5. The summed E-state index contributed by atoms with van der Waals surface area (Å²) >= 11 is 0. The molecule has 0 saturated carbocycles. The van der Waals surface area contributed by atoms with E-state index in [-0.39, 0.29) is 18.3 Å². The number of ether oxygens (including phenoxy) is 1. The van der Waals surface area contributed by atoms with Crippen molar-refractivity contribution < 1.29 is 45.1 Å². The van der Waals surface area contributed by atoms with Gasteiger partial charge in [0.1, 0.15) is 5.75 Å². The molecule has 0 amide bonds. The molecule has 0 aliphatic rings. The number of halogens is 5. The van der Waals surface area contributed by atoms with Crippen molar-refractivity contribution in [1.82, 2.24) is 0 Å². The molecule has 182 valence electrons. The molecule has 2 N–H and O–H groups in total. The molecule has 0 bridgehead atoms. The fraction of sp³-hybridized carbons (Fsp3) is 0.381. The first-order chi connectivity index (χ1) is 15.4. The van der Waals surface area contributed by atoms with Crippen LogP contribution in [0.4, 0.5) is 22.0 Å². The Hall–Kier alpha value is -2.65. The zero-order valence-electron chi connectivity index (χ0n) is 18.0. The third-order valence-corrected chi connectivity index (χ3v) is 7.13. The second-order valence-electron chi connectivity index (χ2n) is 7.32. The number of carbonyl (C=O) groups excluding carboxylic acids is 1. The lowest BCUT2D eigenvalue weighted by molar-refractivity contribution is -0.148. The molecule has 2 atom stereocenters. The van der Waals surface area contributed by atoms with E-state index in [9.17, 15) is 31.3 Å². The van der Waals surface area contributed by atoms with E-state index in [2.05, 4.69) is 0 Å². The monoisotopic (exact) mass is 495 g/mol. The lowest BCUT2D eigenvalue weighted by atomic mass is 10.1. The predicted octanol–water partition coefficient (Wildman–Crippen LogP) is 5.69. The number of carbonyl (C=O) groups is 1. The Kier molecular flexibility index (Phi) is 8.48. The van der Waals surface area contributed by atoms with Crippen LogP contribution >= 0.6 is 7.60 Å². The highest BCUT2D eigenvalue weighted by molar-refractivity contribution is 7.57. The fourth-order valence-electron chi connectivity index (χ4n) is 2.59. The first-order valence-corrected chi connectivity index (χ1v) is 11.5. The van der Waals surface area contributed by atoms with Gasteiger partial charge in [-0.1, -0.05) is 44.9 Å². The first-order valence-electron chi connectivity index (χ1n) is 9.91. The van der Waals surface area contributed by atoms with Crippen LogP contribution in [-0.4, -0.2) is 17.9 Å². The van der Waals surface area contributed by atoms with Crippen molar-refractivity contribution in [1.29, 1.82) is 0 Å². The van der Waals surface area contributed by atoms with Gasteiger partial charge in [-0.2, -0.15) is 8.78 Å². The molecule has 33 heavy (non-hydrogen) atoms. The number of hydrogen-bond donors (Lipinski definition) is 1. The Bertz CT molecular complexity index is 1020. The lowest BCUT2D eigenvalue weighted by Gasteiger charge is -2.31. The van der Waals surface area contributed by atoms with Crippen LogP contribution in [-0.2, 0) is 14.1 Å². The van der Waals surface area contributed by atoms with Gasteiger partial charge in [0, 0.05) is 0 Å². The van der Waals surface area contributed by atoms with Crippen molar-refractivity contribution in [2.45, 2.75) is 38.9 Å². The van der Waals surface area contributed by atoms with Gasteiger partial charge in [0.05, 0.1) is 6.61 Å². The summed E-state index contributed by atoms with van der Waals surface area (Å²) in [5, 5.41) is -2.70. The van der Waals surface area contributed by atoms with Crippen molar-refractivity contribution in [3.63, 3.8) is 0 Å². The highest BCUT2D eigenvalue weighted by Gasteiger charge is 2.56. The van der Waals surface area contributed by atoms with Gasteiger partial charge in [0.25, 0.3) is 0 Å². The molecule has 2 aromatic rings. The summed E-state index contributed by atoms with van der Waals surface area (Å²) in [7, 11) is -5.24. The van der Waals surface area contributed by atoms with E-state index >= 15 is 0 Å². The highest BCUT2D eigenvalue weighted by atomic mass is 31.2. The summed E-state index contributed by atoms with van der Waals surface area (Å²) in [6, 6.07) is 6.91. The second-order valence-corrected chi connectivity index (χ2v) is 9.61. The number of hydrogen-bond acceptors (Lipinski definition) is 6. The minimum absolute atomic E-state index is 0.0599. The standard InChI is InChI=1S/C21H23F5NO5P/c1-4-12(5-2)11-30-20(28)21(3,27)33(29,31-13-9-7-6-8-10-13)32-19-17(25)15(23)14(22)16(24)18(19)26/h6-10,12H,4-5,11,27H2,1-3H3/t21-,33+/m1/s1. The maximum atomic E-state index is 14.2. The molecular formula is C21H23F5NO5P. The Labute approximate surface area is 187 Å². The molecule has 0 spiro atoms. The smallest absolute Gasteiger partial charge is 0.461 e. The molecule has 0 fully saturated rings. The first kappa shape index (κ1) is 26.6. The fourth-order valence-corrected chi connectivity index (χ4v) is 4.09. The average molecular weight is 495 g/mol. The van der Waals surface area contributed by atoms with Crippen LogP contribution in [0.2, 0.25) is 0 Å². The maximum absolute atomic E-state index is 14.2. The van der Waals surface area contributed by atoms with Crippen molar-refractivity contribution in [3.05, 3.63) is 59.4 Å². The van der Waals surface area contributed by atoms with Crippen LogP contribution in [0.25, 0.3) is 0 Å². The quantitative estimate of drug-likeness (QED) is 0.150. The van der Waals surface area contributed by atoms with Crippen molar-refractivity contribution >= 4 is 13.6 Å². The maximum Gasteiger partial charge on any atom is 0.461 e. The summed E-state index contributed by atoms with van der Waals surface area (Å²) in [5.41, 5.74) is 5.92. The molecule has 0 radical (unpaired) electrons. The van der Waals surface area contributed by atoms with Crippen LogP contribution < -0.4 is 14.8 Å². The third kappa shape index (κ3) is 5.47. The Morgan fingerprint density at radius 1 is 0.939 bits per heavy atom. The number of esters is 1. The van der Waals surface area contributed by atoms with E-state index < -0.39 is 53.7 Å². The Balaban J connectivity index is 2.54. The molecule has 2 aromatic carbocycles. The molecule has 0 heterocycles. The molecule has 0 saturated heterocycles. The summed E-state index contributed by atoms with van der Waals surface area (Å²) in [6.45, 7) is 4.42. The van der Waals surface area contributed by atoms with Crippen LogP contribution in [0.5, 0.6) is 11.5 Å². The largest absolute Gasteiger partial charge is 0.463 e. The van der Waals surface area contributed by atoms with E-state index in [1.807, 2.05) is 13.8 Å². The minimum Gasteiger partial charge on any atom is -0.463 e. The van der Waals surface area contributed by atoms with Gasteiger partial charge in [0.2, 0.25) is 40.1 Å². The van der Waals surface area contributed by atoms with E-state index in [0.29, 0.717) is 12.8 Å². The van der Waals surface area contributed by atoms with Crippen molar-refractivity contribution in [3.8, 4) is 11.5 Å². The highest BCUT2D eigenvalue weighted by Crippen LogP contribution is 2.58. The van der Waals surface area contributed by atoms with Gasteiger partial charge in [-0.15, -0.1) is 0 Å². The van der Waals surface area contributed by atoms with Gasteiger partial charge in [-0.25, -0.2) is 22.5 Å². The van der Waals surface area contributed by atoms with Crippen LogP contribution in [0.3, 0.4) is 0 Å². The molecule has 0 aliphatic heterocycles. The zero-order valence-corrected chi connectivity index (χ0v) is 18.9. The van der Waals surface area contributed by atoms with E-state index in [4.69, 9.17) is 19.5 Å². The normalized spacial score (nSPS) is 15.0. The van der Waals surface area contributed by atoms with Crippen LogP contribution in [0.1, 0.15) is 33.6 Å². The van der Waals surface area contributed by atoms with Gasteiger partial charge in [-0.05, 0) is 25.0 Å². The van der Waals surface area contributed by atoms with Crippen molar-refractivity contribution in [2.75, 3.05) is 6.61 Å². The summed E-state index contributed by atoms with van der Waals surface area (Å²) in [4.78, 5) is 12.7. The van der Waals surface area contributed by atoms with Gasteiger partial charge in [-0.3, -0.25) is 0 Å². The summed E-state index contributed by atoms with van der Waals surface area (Å²) < 4.78 is 97.9. The number of nitrogens with two attached hydrogens (primary N) is 1. The number of rotatable bonds is 10.